The third-order valence-corrected chi connectivity index (χ3v) is 3.12. The van der Waals surface area contributed by atoms with Gasteiger partial charge in [0.25, 0.3) is 0 Å². The van der Waals surface area contributed by atoms with E-state index in [9.17, 15) is 4.79 Å². The van der Waals surface area contributed by atoms with Gasteiger partial charge in [0.1, 0.15) is 5.60 Å². The van der Waals surface area contributed by atoms with Crippen LogP contribution in [0, 0.1) is 0 Å². The van der Waals surface area contributed by atoms with Gasteiger partial charge in [0.2, 0.25) is 0 Å². The molecule has 0 radical (unpaired) electrons. The van der Waals surface area contributed by atoms with E-state index in [0.29, 0.717) is 0 Å². The van der Waals surface area contributed by atoms with Gasteiger partial charge in [-0.15, -0.1) is 0 Å². The number of carbonyl (C=O) groups excluding carboxylic acids is 1. The van der Waals surface area contributed by atoms with Gasteiger partial charge >= 0.3 is 5.97 Å². The molecule has 0 bridgehead atoms. The summed E-state index contributed by atoms with van der Waals surface area (Å²) < 4.78 is 6.22. The van der Waals surface area contributed by atoms with Crippen LogP contribution in [-0.4, -0.2) is 16.6 Å². The number of ether oxygens (including phenoxy) is 1. The van der Waals surface area contributed by atoms with Gasteiger partial charge in [-0.25, -0.2) is 4.79 Å². The van der Waals surface area contributed by atoms with E-state index in [4.69, 9.17) is 4.74 Å². The molecule has 0 aliphatic carbocycles. The lowest BCUT2D eigenvalue weighted by Crippen LogP contribution is -2.22. The maximum absolute atomic E-state index is 11.7. The Hall–Kier alpha value is -1.55. The van der Waals surface area contributed by atoms with Gasteiger partial charge in [-0.1, -0.05) is 12.1 Å². The second-order valence-corrected chi connectivity index (χ2v) is 6.13. The Bertz CT molecular complexity index is 635. The predicted octanol–water partition coefficient (Wildman–Crippen LogP) is 4.29. The standard InChI is InChI=1S/C15H16BrNO2/c1-15(2,3)19-13(18)8-7-10-5-4-6-12-14(10)11(16)9-17-12/h4-9,17H,1-3H3/b8-7+. The number of esters is 1. The van der Waals surface area contributed by atoms with Crippen molar-refractivity contribution in [1.82, 2.24) is 4.98 Å². The van der Waals surface area contributed by atoms with Crippen molar-refractivity contribution >= 4 is 38.9 Å². The minimum absolute atomic E-state index is 0.337. The van der Waals surface area contributed by atoms with Crippen molar-refractivity contribution in [2.45, 2.75) is 26.4 Å². The third-order valence-electron chi connectivity index (χ3n) is 2.50. The highest BCUT2D eigenvalue weighted by Gasteiger charge is 2.14. The van der Waals surface area contributed by atoms with Gasteiger partial charge in [0.05, 0.1) is 0 Å². The molecule has 0 amide bonds. The fraction of sp³-hybridized carbons (Fsp3) is 0.267. The first kappa shape index (κ1) is 13.9. The van der Waals surface area contributed by atoms with E-state index in [1.54, 1.807) is 6.08 Å². The molecule has 0 unspecified atom stereocenters. The Labute approximate surface area is 120 Å². The van der Waals surface area contributed by atoms with Crippen LogP contribution in [0.5, 0.6) is 0 Å². The Morgan fingerprint density at radius 3 is 2.79 bits per heavy atom. The maximum Gasteiger partial charge on any atom is 0.331 e. The summed E-state index contributed by atoms with van der Waals surface area (Å²) in [6, 6.07) is 5.90. The number of benzene rings is 1. The van der Waals surface area contributed by atoms with Crippen LogP contribution in [-0.2, 0) is 9.53 Å². The molecule has 1 heterocycles. The van der Waals surface area contributed by atoms with Crippen LogP contribution < -0.4 is 0 Å². The smallest absolute Gasteiger partial charge is 0.331 e. The summed E-state index contributed by atoms with van der Waals surface area (Å²) in [4.78, 5) is 14.8. The Morgan fingerprint density at radius 1 is 1.37 bits per heavy atom. The van der Waals surface area contributed by atoms with Crippen molar-refractivity contribution < 1.29 is 9.53 Å². The molecule has 0 saturated heterocycles. The van der Waals surface area contributed by atoms with Crippen molar-refractivity contribution in [1.29, 1.82) is 0 Å². The second kappa shape index (κ2) is 5.21. The average Bonchev–Trinajstić information content (AvgIpc) is 2.67. The van der Waals surface area contributed by atoms with Crippen LogP contribution in [0.25, 0.3) is 17.0 Å². The summed E-state index contributed by atoms with van der Waals surface area (Å²) in [7, 11) is 0. The molecule has 1 aromatic carbocycles. The van der Waals surface area contributed by atoms with E-state index in [1.807, 2.05) is 45.2 Å². The quantitative estimate of drug-likeness (QED) is 0.662. The SMILES string of the molecule is CC(C)(C)OC(=O)/C=C/c1cccc2[nH]cc(Br)c12. The topological polar surface area (TPSA) is 42.1 Å². The van der Waals surface area contributed by atoms with Crippen LogP contribution in [0.15, 0.2) is 34.9 Å². The number of H-pyrrole nitrogens is 1. The third kappa shape index (κ3) is 3.47. The monoisotopic (exact) mass is 321 g/mol. The van der Waals surface area contributed by atoms with E-state index in [1.165, 1.54) is 6.08 Å². The fourth-order valence-corrected chi connectivity index (χ4v) is 2.36. The normalized spacial score (nSPS) is 12.2. The van der Waals surface area contributed by atoms with E-state index >= 15 is 0 Å². The molecular weight excluding hydrogens is 306 g/mol. The minimum Gasteiger partial charge on any atom is -0.457 e. The van der Waals surface area contributed by atoms with Crippen molar-refractivity contribution in [3.8, 4) is 0 Å². The van der Waals surface area contributed by atoms with Gasteiger partial charge in [-0.05, 0) is 54.4 Å². The summed E-state index contributed by atoms with van der Waals surface area (Å²) in [6.07, 6.45) is 5.12. The highest BCUT2D eigenvalue weighted by atomic mass is 79.9. The summed E-state index contributed by atoms with van der Waals surface area (Å²) in [6.45, 7) is 5.55. The zero-order valence-corrected chi connectivity index (χ0v) is 12.7. The number of hydrogen-bond acceptors (Lipinski definition) is 2. The second-order valence-electron chi connectivity index (χ2n) is 5.27. The molecule has 0 saturated carbocycles. The summed E-state index contributed by atoms with van der Waals surface area (Å²) in [5.74, 6) is -0.337. The number of hydrogen-bond donors (Lipinski definition) is 1. The van der Waals surface area contributed by atoms with Crippen molar-refractivity contribution in [3.63, 3.8) is 0 Å². The van der Waals surface area contributed by atoms with Gasteiger partial charge < -0.3 is 9.72 Å². The number of aromatic amines is 1. The first-order valence-electron chi connectivity index (χ1n) is 6.03. The molecule has 0 aliphatic heterocycles. The van der Waals surface area contributed by atoms with Crippen LogP contribution in [0.3, 0.4) is 0 Å². The van der Waals surface area contributed by atoms with Crippen molar-refractivity contribution in [3.05, 3.63) is 40.5 Å². The number of rotatable bonds is 2. The molecule has 4 heteroatoms. The molecule has 2 aromatic rings. The first-order chi connectivity index (χ1) is 8.87. The predicted molar refractivity (Wildman–Crippen MR) is 80.9 cm³/mol. The Balaban J connectivity index is 2.26. The molecule has 1 aromatic heterocycles. The molecule has 0 spiro atoms. The van der Waals surface area contributed by atoms with E-state index < -0.39 is 5.60 Å². The van der Waals surface area contributed by atoms with Gasteiger partial charge in [-0.2, -0.15) is 0 Å². The van der Waals surface area contributed by atoms with Crippen LogP contribution in [0.2, 0.25) is 0 Å². The highest BCUT2D eigenvalue weighted by molar-refractivity contribution is 9.10. The lowest BCUT2D eigenvalue weighted by Gasteiger charge is -2.17. The minimum atomic E-state index is -0.470. The molecule has 2 rings (SSSR count). The van der Waals surface area contributed by atoms with E-state index in [-0.39, 0.29) is 5.97 Å². The number of carbonyl (C=O) groups is 1. The first-order valence-corrected chi connectivity index (χ1v) is 6.83. The average molecular weight is 322 g/mol. The molecule has 0 atom stereocenters. The zero-order valence-electron chi connectivity index (χ0n) is 11.2. The fourth-order valence-electron chi connectivity index (χ4n) is 1.80. The van der Waals surface area contributed by atoms with Crippen molar-refractivity contribution in [2.75, 3.05) is 0 Å². The van der Waals surface area contributed by atoms with Gasteiger partial charge in [-0.3, -0.25) is 0 Å². The van der Waals surface area contributed by atoms with Crippen molar-refractivity contribution in [2.24, 2.45) is 0 Å². The molecule has 100 valence electrons. The van der Waals surface area contributed by atoms with E-state index in [2.05, 4.69) is 20.9 Å². The molecule has 0 aliphatic rings. The van der Waals surface area contributed by atoms with E-state index in [0.717, 1.165) is 20.9 Å². The van der Waals surface area contributed by atoms with Crippen LogP contribution in [0.4, 0.5) is 0 Å². The zero-order chi connectivity index (χ0) is 14.0. The number of nitrogens with one attached hydrogen (secondary N) is 1. The van der Waals surface area contributed by atoms with Gasteiger partial charge in [0.15, 0.2) is 0 Å². The molecular formula is C15H16BrNO2. The lowest BCUT2D eigenvalue weighted by molar-refractivity contribution is -0.148. The Kier molecular flexibility index (Phi) is 3.80. The highest BCUT2D eigenvalue weighted by Crippen LogP contribution is 2.27. The largest absolute Gasteiger partial charge is 0.457 e. The molecule has 0 fully saturated rings. The molecule has 1 N–H and O–H groups in total. The van der Waals surface area contributed by atoms with Crippen LogP contribution in [0.1, 0.15) is 26.3 Å². The number of aromatic nitrogens is 1. The van der Waals surface area contributed by atoms with Crippen LogP contribution >= 0.6 is 15.9 Å². The van der Waals surface area contributed by atoms with Gasteiger partial charge in [0, 0.05) is 27.6 Å². The summed E-state index contributed by atoms with van der Waals surface area (Å²) >= 11 is 3.49. The molecule has 3 nitrogen and oxygen atoms in total. The summed E-state index contributed by atoms with van der Waals surface area (Å²) in [5.41, 5.74) is 1.52. The molecule has 19 heavy (non-hydrogen) atoms. The lowest BCUT2D eigenvalue weighted by atomic mass is 10.1. The number of fused-ring (bicyclic) bond motifs is 1. The summed E-state index contributed by atoms with van der Waals surface area (Å²) in [5, 5.41) is 1.06. The Morgan fingerprint density at radius 2 is 2.11 bits per heavy atom. The maximum atomic E-state index is 11.7. The number of halogens is 1.